The molecule has 0 aliphatic rings. The number of aromatic nitrogens is 2. The fourth-order valence-electron chi connectivity index (χ4n) is 2.24. The third-order valence-corrected chi connectivity index (χ3v) is 3.63. The molecule has 2 aromatic carbocycles. The average Bonchev–Trinajstić information content (AvgIpc) is 2.55. The van der Waals surface area contributed by atoms with Gasteiger partial charge in [0.15, 0.2) is 0 Å². The number of benzene rings is 2. The number of fused-ring (bicyclic) bond motifs is 1. The fourth-order valence-corrected chi connectivity index (χ4v) is 2.50. The number of hydrogen-bond acceptors (Lipinski definition) is 4. The van der Waals surface area contributed by atoms with Crippen LogP contribution in [0.3, 0.4) is 0 Å². The van der Waals surface area contributed by atoms with Crippen LogP contribution < -0.4 is 5.43 Å². The van der Waals surface area contributed by atoms with Crippen LogP contribution in [0.1, 0.15) is 10.5 Å². The molecule has 116 valence electrons. The Labute approximate surface area is 134 Å². The molecule has 0 unspecified atom stereocenters. The molecule has 23 heavy (non-hydrogen) atoms. The van der Waals surface area contributed by atoms with Gasteiger partial charge in [-0.15, -0.1) is 0 Å². The van der Waals surface area contributed by atoms with E-state index >= 15 is 0 Å². The van der Waals surface area contributed by atoms with Crippen LogP contribution in [0, 0.1) is 5.82 Å². The summed E-state index contributed by atoms with van der Waals surface area (Å²) in [5, 5.41) is 4.40. The minimum Gasteiger partial charge on any atom is -0.464 e. The molecule has 7 heteroatoms. The third-order valence-electron chi connectivity index (χ3n) is 3.31. The van der Waals surface area contributed by atoms with Gasteiger partial charge in [0.25, 0.3) is 0 Å². The molecule has 0 aliphatic heterocycles. The summed E-state index contributed by atoms with van der Waals surface area (Å²) in [6, 6.07) is 10.3. The van der Waals surface area contributed by atoms with Crippen molar-refractivity contribution >= 4 is 28.5 Å². The Morgan fingerprint density at radius 3 is 2.57 bits per heavy atom. The summed E-state index contributed by atoms with van der Waals surface area (Å²) in [5.41, 5.74) is -0.126. The normalized spacial score (nSPS) is 10.7. The third kappa shape index (κ3) is 2.57. The number of hydrogen-bond donors (Lipinski definition) is 0. The summed E-state index contributed by atoms with van der Waals surface area (Å²) >= 11 is 6.11. The molecule has 0 atom stereocenters. The number of esters is 1. The van der Waals surface area contributed by atoms with Crippen molar-refractivity contribution < 1.29 is 13.9 Å². The minimum atomic E-state index is -0.868. The number of carbonyl (C=O) groups excluding carboxylic acids is 1. The largest absolute Gasteiger partial charge is 0.464 e. The first-order chi connectivity index (χ1) is 11.0. The van der Waals surface area contributed by atoms with Gasteiger partial charge in [-0.1, -0.05) is 17.7 Å². The van der Waals surface area contributed by atoms with Crippen LogP contribution in [-0.4, -0.2) is 22.9 Å². The molecule has 0 aliphatic carbocycles. The fraction of sp³-hybridized carbons (Fsp3) is 0.0625. The first-order valence-electron chi connectivity index (χ1n) is 6.58. The minimum absolute atomic E-state index is 0.147. The Balaban J connectivity index is 2.43. The first kappa shape index (κ1) is 15.2. The Hall–Kier alpha value is -2.73. The van der Waals surface area contributed by atoms with E-state index in [0.717, 1.165) is 7.11 Å². The highest BCUT2D eigenvalue weighted by atomic mass is 35.5. The van der Waals surface area contributed by atoms with Crippen LogP contribution >= 0.6 is 11.6 Å². The van der Waals surface area contributed by atoms with E-state index in [0.29, 0.717) is 11.2 Å². The molecular weight excluding hydrogens is 323 g/mol. The zero-order valence-electron chi connectivity index (χ0n) is 11.9. The zero-order chi connectivity index (χ0) is 16.6. The quantitative estimate of drug-likeness (QED) is 0.677. The predicted octanol–water partition coefficient (Wildman–Crippen LogP) is 2.96. The van der Waals surface area contributed by atoms with Gasteiger partial charge in [-0.25, -0.2) is 13.9 Å². The summed E-state index contributed by atoms with van der Waals surface area (Å²) in [6.07, 6.45) is 0. The number of rotatable bonds is 2. The molecule has 0 N–H and O–H groups in total. The van der Waals surface area contributed by atoms with Crippen molar-refractivity contribution in [3.8, 4) is 5.69 Å². The van der Waals surface area contributed by atoms with E-state index in [4.69, 9.17) is 11.6 Å². The summed E-state index contributed by atoms with van der Waals surface area (Å²) in [4.78, 5) is 24.3. The molecule has 0 amide bonds. The van der Waals surface area contributed by atoms with Crippen LogP contribution in [0.2, 0.25) is 5.02 Å². The Kier molecular flexibility index (Phi) is 3.83. The molecule has 1 aromatic heterocycles. The van der Waals surface area contributed by atoms with Crippen LogP contribution in [0.4, 0.5) is 4.39 Å². The number of carbonyl (C=O) groups is 1. The van der Waals surface area contributed by atoms with Gasteiger partial charge >= 0.3 is 5.97 Å². The number of methoxy groups -OCH3 is 1. The summed E-state index contributed by atoms with van der Waals surface area (Å²) in [6.45, 7) is 0. The molecule has 1 heterocycles. The van der Waals surface area contributed by atoms with E-state index in [1.54, 1.807) is 18.2 Å². The smallest absolute Gasteiger partial charge is 0.362 e. The molecule has 0 bridgehead atoms. The van der Waals surface area contributed by atoms with Crippen LogP contribution in [0.5, 0.6) is 0 Å². The van der Waals surface area contributed by atoms with Gasteiger partial charge < -0.3 is 4.74 Å². The van der Waals surface area contributed by atoms with Gasteiger partial charge in [0.05, 0.1) is 28.7 Å². The van der Waals surface area contributed by atoms with Crippen molar-refractivity contribution in [1.29, 1.82) is 0 Å². The number of ether oxygens (including phenoxy) is 1. The lowest BCUT2D eigenvalue weighted by Crippen LogP contribution is -2.23. The van der Waals surface area contributed by atoms with Crippen molar-refractivity contribution in [1.82, 2.24) is 9.78 Å². The lowest BCUT2D eigenvalue weighted by Gasteiger charge is -2.12. The van der Waals surface area contributed by atoms with Crippen LogP contribution in [-0.2, 0) is 4.74 Å². The zero-order valence-corrected chi connectivity index (χ0v) is 12.7. The molecule has 3 aromatic rings. The lowest BCUT2D eigenvalue weighted by molar-refractivity contribution is 0.0590. The molecule has 0 spiro atoms. The van der Waals surface area contributed by atoms with E-state index in [-0.39, 0.29) is 10.4 Å². The van der Waals surface area contributed by atoms with Crippen LogP contribution in [0.15, 0.2) is 47.3 Å². The van der Waals surface area contributed by atoms with Crippen molar-refractivity contribution in [2.75, 3.05) is 7.11 Å². The average molecular weight is 333 g/mol. The van der Waals surface area contributed by atoms with Gasteiger partial charge in [0.1, 0.15) is 5.82 Å². The summed E-state index contributed by atoms with van der Waals surface area (Å²) in [5.74, 6) is -1.28. The van der Waals surface area contributed by atoms with Crippen molar-refractivity contribution in [2.24, 2.45) is 0 Å². The van der Waals surface area contributed by atoms with Crippen LogP contribution in [0.25, 0.3) is 16.6 Å². The van der Waals surface area contributed by atoms with E-state index in [2.05, 4.69) is 9.84 Å². The van der Waals surface area contributed by atoms with E-state index in [9.17, 15) is 14.0 Å². The second kappa shape index (κ2) is 5.81. The highest BCUT2D eigenvalue weighted by Gasteiger charge is 2.20. The lowest BCUT2D eigenvalue weighted by atomic mass is 10.2. The van der Waals surface area contributed by atoms with Gasteiger partial charge in [0, 0.05) is 0 Å². The second-order valence-corrected chi connectivity index (χ2v) is 5.10. The first-order valence-corrected chi connectivity index (χ1v) is 6.96. The maximum atomic E-state index is 13.1. The molecule has 5 nitrogen and oxygen atoms in total. The molecular formula is C16H10ClFN2O3. The van der Waals surface area contributed by atoms with Gasteiger partial charge in [0.2, 0.25) is 11.1 Å². The molecule has 3 rings (SSSR count). The van der Waals surface area contributed by atoms with Crippen molar-refractivity contribution in [3.05, 3.63) is 69.2 Å². The SMILES string of the molecule is COC(=O)c1nn(-c2ccc(F)cc2)c2cccc(Cl)c2c1=O. The van der Waals surface area contributed by atoms with Crippen molar-refractivity contribution in [2.45, 2.75) is 0 Å². The van der Waals surface area contributed by atoms with Crippen molar-refractivity contribution in [3.63, 3.8) is 0 Å². The molecule has 0 fully saturated rings. The van der Waals surface area contributed by atoms with E-state index in [1.807, 2.05) is 0 Å². The highest BCUT2D eigenvalue weighted by Crippen LogP contribution is 2.22. The Bertz CT molecular complexity index is 967. The number of halogens is 2. The van der Waals surface area contributed by atoms with Gasteiger partial charge in [-0.05, 0) is 36.4 Å². The molecule has 0 saturated carbocycles. The van der Waals surface area contributed by atoms with E-state index in [1.165, 1.54) is 28.9 Å². The molecule has 0 saturated heterocycles. The predicted molar refractivity (Wildman–Crippen MR) is 83.6 cm³/mol. The summed E-state index contributed by atoms with van der Waals surface area (Å²) in [7, 11) is 1.16. The maximum Gasteiger partial charge on any atom is 0.362 e. The monoisotopic (exact) mass is 332 g/mol. The second-order valence-electron chi connectivity index (χ2n) is 4.69. The number of nitrogens with zero attached hydrogens (tertiary/aromatic N) is 2. The summed E-state index contributed by atoms with van der Waals surface area (Å²) < 4.78 is 19.1. The topological polar surface area (TPSA) is 61.2 Å². The highest BCUT2D eigenvalue weighted by molar-refractivity contribution is 6.35. The Morgan fingerprint density at radius 2 is 1.91 bits per heavy atom. The maximum absolute atomic E-state index is 13.1. The van der Waals surface area contributed by atoms with Gasteiger partial charge in [-0.2, -0.15) is 5.10 Å². The van der Waals surface area contributed by atoms with E-state index < -0.39 is 22.9 Å². The molecule has 0 radical (unpaired) electrons. The standard InChI is InChI=1S/C16H10ClFN2O3/c1-23-16(22)14-15(21)13-11(17)3-2-4-12(13)20(19-14)10-7-5-9(18)6-8-10/h2-8H,1H3. The Morgan fingerprint density at radius 1 is 1.22 bits per heavy atom. The van der Waals surface area contributed by atoms with Gasteiger partial charge in [-0.3, -0.25) is 4.79 Å².